The van der Waals surface area contributed by atoms with Gasteiger partial charge in [0.25, 0.3) is 0 Å². The summed E-state index contributed by atoms with van der Waals surface area (Å²) in [5, 5.41) is 0.879. The minimum atomic E-state index is -0.323. The molecule has 0 saturated heterocycles. The Morgan fingerprint density at radius 2 is 1.59 bits per heavy atom. The zero-order chi connectivity index (χ0) is 15.5. The van der Waals surface area contributed by atoms with Crippen molar-refractivity contribution in [3.63, 3.8) is 0 Å². The molecular weight excluding hydrogens is 280 g/mol. The number of rotatable bonds is 4. The molecule has 0 aliphatic heterocycles. The van der Waals surface area contributed by atoms with Crippen LogP contribution in [0.4, 0.5) is 0 Å². The number of fused-ring (bicyclic) bond motifs is 1. The van der Waals surface area contributed by atoms with Crippen LogP contribution in [0.5, 0.6) is 11.5 Å². The van der Waals surface area contributed by atoms with Gasteiger partial charge in [-0.2, -0.15) is 0 Å². The van der Waals surface area contributed by atoms with Gasteiger partial charge in [0, 0.05) is 23.4 Å². The highest BCUT2D eigenvalue weighted by atomic mass is 16.5. The highest BCUT2D eigenvalue weighted by molar-refractivity contribution is 5.78. The van der Waals surface area contributed by atoms with Crippen LogP contribution in [0.1, 0.15) is 11.1 Å². The second-order valence-corrected chi connectivity index (χ2v) is 4.99. The maximum atomic E-state index is 12.1. The van der Waals surface area contributed by atoms with E-state index in [1.54, 1.807) is 20.3 Å². The molecule has 2 aromatic carbocycles. The number of benzene rings is 2. The van der Waals surface area contributed by atoms with Gasteiger partial charge in [-0.05, 0) is 35.9 Å². The summed E-state index contributed by atoms with van der Waals surface area (Å²) in [6.45, 7) is 0. The van der Waals surface area contributed by atoms with Crippen LogP contribution in [-0.2, 0) is 6.42 Å². The highest BCUT2D eigenvalue weighted by Gasteiger charge is 2.07. The van der Waals surface area contributed by atoms with E-state index < -0.39 is 0 Å². The molecule has 3 rings (SSSR count). The van der Waals surface area contributed by atoms with E-state index in [0.29, 0.717) is 23.3 Å². The lowest BCUT2D eigenvalue weighted by atomic mass is 10.1. The van der Waals surface area contributed by atoms with Gasteiger partial charge in [0.1, 0.15) is 17.1 Å². The third kappa shape index (κ3) is 2.81. The van der Waals surface area contributed by atoms with E-state index >= 15 is 0 Å². The topological polar surface area (TPSA) is 48.7 Å². The molecule has 0 N–H and O–H groups in total. The highest BCUT2D eigenvalue weighted by Crippen LogP contribution is 2.21. The molecule has 0 saturated carbocycles. The monoisotopic (exact) mass is 296 g/mol. The zero-order valence-corrected chi connectivity index (χ0v) is 12.5. The largest absolute Gasteiger partial charge is 0.497 e. The van der Waals surface area contributed by atoms with E-state index in [1.807, 2.05) is 42.5 Å². The lowest BCUT2D eigenvalue weighted by Gasteiger charge is -2.05. The third-order valence-electron chi connectivity index (χ3n) is 3.57. The van der Waals surface area contributed by atoms with Crippen molar-refractivity contribution in [2.75, 3.05) is 14.2 Å². The molecule has 1 heterocycles. The smallest absolute Gasteiger partial charge is 0.339 e. The summed E-state index contributed by atoms with van der Waals surface area (Å²) >= 11 is 0. The van der Waals surface area contributed by atoms with Crippen molar-refractivity contribution in [1.82, 2.24) is 0 Å². The van der Waals surface area contributed by atoms with Gasteiger partial charge in [-0.15, -0.1) is 0 Å². The predicted octanol–water partition coefficient (Wildman–Crippen LogP) is 3.40. The van der Waals surface area contributed by atoms with Crippen molar-refractivity contribution in [2.24, 2.45) is 0 Å². The van der Waals surface area contributed by atoms with Crippen LogP contribution < -0.4 is 15.1 Å². The first-order valence-corrected chi connectivity index (χ1v) is 6.93. The van der Waals surface area contributed by atoms with Crippen molar-refractivity contribution in [2.45, 2.75) is 6.42 Å². The Balaban J connectivity index is 1.96. The molecule has 0 fully saturated rings. The minimum Gasteiger partial charge on any atom is -0.497 e. The first kappa shape index (κ1) is 14.2. The Hall–Kier alpha value is -2.75. The molecule has 22 heavy (non-hydrogen) atoms. The lowest BCUT2D eigenvalue weighted by Crippen LogP contribution is -2.07. The lowest BCUT2D eigenvalue weighted by molar-refractivity contribution is 0.414. The minimum absolute atomic E-state index is 0.323. The summed E-state index contributed by atoms with van der Waals surface area (Å²) in [6.07, 6.45) is 0.522. The van der Waals surface area contributed by atoms with Gasteiger partial charge in [0.15, 0.2) is 0 Å². The Labute approximate surface area is 127 Å². The molecule has 0 radical (unpaired) electrons. The molecule has 1 aromatic heterocycles. The fraction of sp³-hybridized carbons (Fsp3) is 0.167. The van der Waals surface area contributed by atoms with Gasteiger partial charge < -0.3 is 13.9 Å². The van der Waals surface area contributed by atoms with Gasteiger partial charge in [-0.25, -0.2) is 4.79 Å². The SMILES string of the molecule is COc1ccc(Cc2cc3ccc(OC)cc3oc2=O)cc1. The van der Waals surface area contributed by atoms with Crippen LogP contribution >= 0.6 is 0 Å². The summed E-state index contributed by atoms with van der Waals surface area (Å²) < 4.78 is 15.7. The zero-order valence-electron chi connectivity index (χ0n) is 12.5. The fourth-order valence-electron chi connectivity index (χ4n) is 2.35. The molecule has 4 nitrogen and oxygen atoms in total. The van der Waals surface area contributed by atoms with Crippen LogP contribution in [0.2, 0.25) is 0 Å². The average molecular weight is 296 g/mol. The molecular formula is C18H16O4. The van der Waals surface area contributed by atoms with Crippen LogP contribution in [0, 0.1) is 0 Å². The number of ether oxygens (including phenoxy) is 2. The van der Waals surface area contributed by atoms with Crippen LogP contribution in [0.3, 0.4) is 0 Å². The quantitative estimate of drug-likeness (QED) is 0.692. The van der Waals surface area contributed by atoms with Gasteiger partial charge in [0.2, 0.25) is 0 Å². The second-order valence-electron chi connectivity index (χ2n) is 4.99. The maximum absolute atomic E-state index is 12.1. The molecule has 112 valence electrons. The van der Waals surface area contributed by atoms with E-state index in [0.717, 1.165) is 16.7 Å². The van der Waals surface area contributed by atoms with E-state index in [1.165, 1.54) is 0 Å². The van der Waals surface area contributed by atoms with Gasteiger partial charge >= 0.3 is 5.63 Å². The third-order valence-corrected chi connectivity index (χ3v) is 3.57. The molecule has 3 aromatic rings. The normalized spacial score (nSPS) is 10.6. The van der Waals surface area contributed by atoms with Crippen LogP contribution in [-0.4, -0.2) is 14.2 Å². The van der Waals surface area contributed by atoms with Crippen molar-refractivity contribution >= 4 is 11.0 Å². The average Bonchev–Trinajstić information content (AvgIpc) is 2.56. The van der Waals surface area contributed by atoms with Crippen LogP contribution in [0.25, 0.3) is 11.0 Å². The Morgan fingerprint density at radius 3 is 2.27 bits per heavy atom. The molecule has 0 unspecified atom stereocenters. The number of hydrogen-bond acceptors (Lipinski definition) is 4. The molecule has 0 atom stereocenters. The van der Waals surface area contributed by atoms with Crippen molar-refractivity contribution in [3.05, 3.63) is 70.1 Å². The first-order valence-electron chi connectivity index (χ1n) is 6.93. The van der Waals surface area contributed by atoms with E-state index in [2.05, 4.69) is 0 Å². The summed E-state index contributed by atoms with van der Waals surface area (Å²) in [6, 6.07) is 14.9. The van der Waals surface area contributed by atoms with Crippen LogP contribution in [0.15, 0.2) is 57.7 Å². The predicted molar refractivity (Wildman–Crippen MR) is 84.8 cm³/mol. The van der Waals surface area contributed by atoms with E-state index in [-0.39, 0.29) is 5.63 Å². The van der Waals surface area contributed by atoms with E-state index in [9.17, 15) is 4.79 Å². The van der Waals surface area contributed by atoms with Crippen molar-refractivity contribution < 1.29 is 13.9 Å². The van der Waals surface area contributed by atoms with Gasteiger partial charge in [-0.1, -0.05) is 12.1 Å². The van der Waals surface area contributed by atoms with Gasteiger partial charge in [0.05, 0.1) is 14.2 Å². The number of methoxy groups -OCH3 is 2. The van der Waals surface area contributed by atoms with Crippen molar-refractivity contribution in [3.8, 4) is 11.5 Å². The van der Waals surface area contributed by atoms with Crippen molar-refractivity contribution in [1.29, 1.82) is 0 Å². The summed E-state index contributed by atoms with van der Waals surface area (Å²) in [5.74, 6) is 1.46. The molecule has 0 spiro atoms. The number of hydrogen-bond donors (Lipinski definition) is 0. The summed E-state index contributed by atoms with van der Waals surface area (Å²) in [5.41, 5.74) is 1.86. The summed E-state index contributed by atoms with van der Waals surface area (Å²) in [4.78, 5) is 12.1. The second kappa shape index (κ2) is 5.93. The summed E-state index contributed by atoms with van der Waals surface area (Å²) in [7, 11) is 3.21. The standard InChI is InChI=1S/C18H16O4/c1-20-15-6-3-12(4-7-15)9-14-10-13-5-8-16(21-2)11-17(13)22-18(14)19/h3-8,10-11H,9H2,1-2H3. The van der Waals surface area contributed by atoms with Gasteiger partial charge in [-0.3, -0.25) is 0 Å². The molecule has 4 heteroatoms. The molecule has 0 bridgehead atoms. The maximum Gasteiger partial charge on any atom is 0.339 e. The van der Waals surface area contributed by atoms with E-state index in [4.69, 9.17) is 13.9 Å². The Morgan fingerprint density at radius 1 is 0.909 bits per heavy atom. The Bertz CT molecular complexity index is 847. The fourth-order valence-corrected chi connectivity index (χ4v) is 2.35. The molecule has 0 aliphatic carbocycles. The molecule has 0 amide bonds. The molecule has 0 aliphatic rings. The Kier molecular flexibility index (Phi) is 3.83. The first-order chi connectivity index (χ1) is 10.7.